The summed E-state index contributed by atoms with van der Waals surface area (Å²) in [5.41, 5.74) is 0.136. The Balaban J connectivity index is 2.61. The van der Waals surface area contributed by atoms with Crippen LogP contribution in [0.4, 0.5) is 0 Å². The summed E-state index contributed by atoms with van der Waals surface area (Å²) in [5.74, 6) is -0.695. The SMILES string of the molecule is CCCN1C(CCC(=O)O)CNCC1(C)C. The van der Waals surface area contributed by atoms with E-state index in [0.29, 0.717) is 6.04 Å². The zero-order chi connectivity index (χ0) is 12.2. The fraction of sp³-hybridized carbons (Fsp3) is 0.917. The van der Waals surface area contributed by atoms with Crippen LogP contribution in [0.2, 0.25) is 0 Å². The van der Waals surface area contributed by atoms with Crippen molar-refractivity contribution in [1.29, 1.82) is 0 Å². The molecule has 16 heavy (non-hydrogen) atoms. The van der Waals surface area contributed by atoms with Gasteiger partial charge >= 0.3 is 5.97 Å². The van der Waals surface area contributed by atoms with Crippen LogP contribution in [0.1, 0.15) is 40.0 Å². The summed E-state index contributed by atoms with van der Waals surface area (Å²) in [4.78, 5) is 13.1. The second-order valence-electron chi connectivity index (χ2n) is 5.22. The third kappa shape index (κ3) is 3.46. The summed E-state index contributed by atoms with van der Waals surface area (Å²) < 4.78 is 0. The topological polar surface area (TPSA) is 52.6 Å². The average molecular weight is 228 g/mol. The lowest BCUT2D eigenvalue weighted by molar-refractivity contribution is -0.137. The van der Waals surface area contributed by atoms with Crippen LogP contribution in [0, 0.1) is 0 Å². The molecule has 0 spiro atoms. The molecular formula is C12H24N2O2. The highest BCUT2D eigenvalue weighted by Gasteiger charge is 2.35. The van der Waals surface area contributed by atoms with Gasteiger partial charge in [-0.15, -0.1) is 0 Å². The van der Waals surface area contributed by atoms with E-state index in [4.69, 9.17) is 5.11 Å². The number of piperazine rings is 1. The Hall–Kier alpha value is -0.610. The van der Waals surface area contributed by atoms with Crippen molar-refractivity contribution in [3.8, 4) is 0 Å². The van der Waals surface area contributed by atoms with Crippen molar-refractivity contribution in [2.24, 2.45) is 0 Å². The van der Waals surface area contributed by atoms with Gasteiger partial charge < -0.3 is 10.4 Å². The fourth-order valence-electron chi connectivity index (χ4n) is 2.52. The van der Waals surface area contributed by atoms with E-state index in [1.807, 2.05) is 0 Å². The van der Waals surface area contributed by atoms with Crippen LogP contribution >= 0.6 is 0 Å². The minimum atomic E-state index is -0.695. The van der Waals surface area contributed by atoms with Crippen LogP contribution < -0.4 is 5.32 Å². The van der Waals surface area contributed by atoms with Gasteiger partial charge in [0.15, 0.2) is 0 Å². The van der Waals surface area contributed by atoms with E-state index in [0.717, 1.165) is 32.5 Å². The Labute approximate surface area is 98.0 Å². The molecule has 4 heteroatoms. The van der Waals surface area contributed by atoms with Crippen molar-refractivity contribution in [2.75, 3.05) is 19.6 Å². The molecule has 0 aliphatic carbocycles. The summed E-state index contributed by atoms with van der Waals surface area (Å²) in [6, 6.07) is 0.361. The molecule has 0 aromatic carbocycles. The van der Waals surface area contributed by atoms with Gasteiger partial charge in [-0.3, -0.25) is 9.69 Å². The van der Waals surface area contributed by atoms with Crippen LogP contribution in [-0.2, 0) is 4.79 Å². The highest BCUT2D eigenvalue weighted by Crippen LogP contribution is 2.23. The van der Waals surface area contributed by atoms with Crippen molar-refractivity contribution in [3.63, 3.8) is 0 Å². The number of carbonyl (C=O) groups is 1. The quantitative estimate of drug-likeness (QED) is 0.745. The second kappa shape index (κ2) is 5.64. The van der Waals surface area contributed by atoms with Crippen molar-refractivity contribution in [2.45, 2.75) is 51.6 Å². The number of nitrogens with one attached hydrogen (secondary N) is 1. The van der Waals surface area contributed by atoms with Crippen molar-refractivity contribution < 1.29 is 9.90 Å². The number of carboxylic acids is 1. The molecule has 0 aromatic rings. The first kappa shape index (κ1) is 13.5. The largest absolute Gasteiger partial charge is 0.481 e. The Morgan fingerprint density at radius 1 is 1.56 bits per heavy atom. The third-order valence-corrected chi connectivity index (χ3v) is 3.31. The van der Waals surface area contributed by atoms with Gasteiger partial charge in [0.05, 0.1) is 0 Å². The number of aliphatic carboxylic acids is 1. The van der Waals surface area contributed by atoms with Crippen LogP contribution in [0.25, 0.3) is 0 Å². The van der Waals surface area contributed by atoms with Crippen molar-refractivity contribution in [1.82, 2.24) is 10.2 Å². The Morgan fingerprint density at radius 3 is 2.81 bits per heavy atom. The molecule has 1 fully saturated rings. The van der Waals surface area contributed by atoms with Gasteiger partial charge in [-0.2, -0.15) is 0 Å². The van der Waals surface area contributed by atoms with Crippen LogP contribution in [-0.4, -0.2) is 47.2 Å². The molecule has 0 amide bonds. The molecular weight excluding hydrogens is 204 g/mol. The second-order valence-corrected chi connectivity index (χ2v) is 5.22. The van der Waals surface area contributed by atoms with E-state index < -0.39 is 5.97 Å². The zero-order valence-electron chi connectivity index (χ0n) is 10.6. The number of hydrogen-bond acceptors (Lipinski definition) is 3. The highest BCUT2D eigenvalue weighted by molar-refractivity contribution is 5.66. The summed E-state index contributed by atoms with van der Waals surface area (Å²) in [6.45, 7) is 9.57. The monoisotopic (exact) mass is 228 g/mol. The molecule has 0 bridgehead atoms. The van der Waals surface area contributed by atoms with Gasteiger partial charge in [0, 0.05) is 31.1 Å². The molecule has 0 aromatic heterocycles. The lowest BCUT2D eigenvalue weighted by Gasteiger charge is -2.48. The van der Waals surface area contributed by atoms with Crippen molar-refractivity contribution >= 4 is 5.97 Å². The van der Waals surface area contributed by atoms with E-state index >= 15 is 0 Å². The Morgan fingerprint density at radius 2 is 2.25 bits per heavy atom. The Kier molecular flexibility index (Phi) is 4.74. The highest BCUT2D eigenvalue weighted by atomic mass is 16.4. The van der Waals surface area contributed by atoms with Gasteiger partial charge in [0.2, 0.25) is 0 Å². The van der Waals surface area contributed by atoms with Crippen molar-refractivity contribution in [3.05, 3.63) is 0 Å². The molecule has 1 unspecified atom stereocenters. The molecule has 0 saturated carbocycles. The predicted molar refractivity (Wildman–Crippen MR) is 64.6 cm³/mol. The first-order chi connectivity index (χ1) is 7.47. The molecule has 1 aliphatic rings. The maximum Gasteiger partial charge on any atom is 0.303 e. The number of carboxylic acid groups (broad SMARTS) is 1. The number of nitrogens with zero attached hydrogens (tertiary/aromatic N) is 1. The Bertz CT molecular complexity index is 241. The van der Waals surface area contributed by atoms with Gasteiger partial charge in [-0.1, -0.05) is 6.92 Å². The molecule has 1 aliphatic heterocycles. The molecule has 1 atom stereocenters. The summed E-state index contributed by atoms with van der Waals surface area (Å²) in [6.07, 6.45) is 2.13. The molecule has 0 radical (unpaired) electrons. The maximum absolute atomic E-state index is 10.6. The lowest BCUT2D eigenvalue weighted by atomic mass is 9.94. The van der Waals surface area contributed by atoms with Crippen LogP contribution in [0.5, 0.6) is 0 Å². The smallest absolute Gasteiger partial charge is 0.303 e. The molecule has 94 valence electrons. The minimum Gasteiger partial charge on any atom is -0.481 e. The predicted octanol–water partition coefficient (Wildman–Crippen LogP) is 1.31. The van der Waals surface area contributed by atoms with Gasteiger partial charge in [0.1, 0.15) is 0 Å². The van der Waals surface area contributed by atoms with Crippen LogP contribution in [0.3, 0.4) is 0 Å². The van der Waals surface area contributed by atoms with Gasteiger partial charge in [0.25, 0.3) is 0 Å². The van der Waals surface area contributed by atoms with E-state index in [1.165, 1.54) is 0 Å². The average Bonchev–Trinajstić information content (AvgIpc) is 2.18. The standard InChI is InChI=1S/C12H24N2O2/c1-4-7-14-10(5-6-11(15)16)8-13-9-12(14,2)3/h10,13H,4-9H2,1-3H3,(H,15,16). The first-order valence-corrected chi connectivity index (χ1v) is 6.16. The zero-order valence-corrected chi connectivity index (χ0v) is 10.6. The van der Waals surface area contributed by atoms with E-state index in [9.17, 15) is 4.79 Å². The van der Waals surface area contributed by atoms with E-state index in [2.05, 4.69) is 31.0 Å². The third-order valence-electron chi connectivity index (χ3n) is 3.31. The summed E-state index contributed by atoms with van der Waals surface area (Å²) in [5, 5.41) is 12.2. The van der Waals surface area contributed by atoms with Gasteiger partial charge in [-0.25, -0.2) is 0 Å². The minimum absolute atomic E-state index is 0.136. The fourth-order valence-corrected chi connectivity index (χ4v) is 2.52. The van der Waals surface area contributed by atoms with E-state index in [-0.39, 0.29) is 12.0 Å². The summed E-state index contributed by atoms with van der Waals surface area (Å²) >= 11 is 0. The molecule has 4 nitrogen and oxygen atoms in total. The normalized spacial score (nSPS) is 25.6. The van der Waals surface area contributed by atoms with E-state index in [1.54, 1.807) is 0 Å². The summed E-state index contributed by atoms with van der Waals surface area (Å²) in [7, 11) is 0. The molecule has 1 saturated heterocycles. The number of rotatable bonds is 5. The number of hydrogen-bond donors (Lipinski definition) is 2. The molecule has 1 rings (SSSR count). The maximum atomic E-state index is 10.6. The lowest BCUT2D eigenvalue weighted by Crippen LogP contribution is -2.63. The first-order valence-electron chi connectivity index (χ1n) is 6.16. The van der Waals surface area contributed by atoms with Crippen LogP contribution in [0.15, 0.2) is 0 Å². The van der Waals surface area contributed by atoms with Gasteiger partial charge in [-0.05, 0) is 33.2 Å². The molecule has 1 heterocycles. The molecule has 2 N–H and O–H groups in total.